The molecule has 8 heteroatoms. The van der Waals surface area contributed by atoms with Crippen LogP contribution < -0.4 is 5.32 Å². The zero-order valence-corrected chi connectivity index (χ0v) is 16.7. The highest BCUT2D eigenvalue weighted by atomic mass is 16.2. The largest absolute Gasteiger partial charge is 0.351 e. The molecule has 2 aliphatic rings. The van der Waals surface area contributed by atoms with Crippen molar-refractivity contribution in [3.05, 3.63) is 36.0 Å². The van der Waals surface area contributed by atoms with E-state index < -0.39 is 6.04 Å². The SMILES string of the molecule is C[C@H](NC(=O)N1CCN(C(=O)c2cc3ccccc3[nH]2)CC1)C(=O)N1CCCC1. The van der Waals surface area contributed by atoms with Crippen molar-refractivity contribution < 1.29 is 14.4 Å². The number of hydrogen-bond acceptors (Lipinski definition) is 3. The fourth-order valence-electron chi connectivity index (χ4n) is 4.02. The average molecular weight is 397 g/mol. The Hall–Kier alpha value is -3.03. The van der Waals surface area contributed by atoms with E-state index in [1.165, 1.54) is 0 Å². The number of hydrogen-bond donors (Lipinski definition) is 2. The fourth-order valence-corrected chi connectivity index (χ4v) is 4.02. The van der Waals surface area contributed by atoms with Crippen LogP contribution in [0.15, 0.2) is 30.3 Å². The zero-order chi connectivity index (χ0) is 20.4. The predicted molar refractivity (Wildman–Crippen MR) is 110 cm³/mol. The molecule has 0 saturated carbocycles. The van der Waals surface area contributed by atoms with Crippen LogP contribution in [-0.2, 0) is 4.79 Å². The molecule has 0 spiro atoms. The summed E-state index contributed by atoms with van der Waals surface area (Å²) in [5.74, 6) is -0.0812. The van der Waals surface area contributed by atoms with Crippen molar-refractivity contribution in [2.75, 3.05) is 39.3 Å². The number of para-hydroxylation sites is 1. The first-order chi connectivity index (χ1) is 14.0. The number of carbonyl (C=O) groups excluding carboxylic acids is 3. The third-order valence-corrected chi connectivity index (χ3v) is 5.74. The molecule has 8 nitrogen and oxygen atoms in total. The molecule has 1 aromatic heterocycles. The van der Waals surface area contributed by atoms with Crippen LogP contribution in [0.5, 0.6) is 0 Å². The number of benzene rings is 1. The van der Waals surface area contributed by atoms with Crippen molar-refractivity contribution in [2.24, 2.45) is 0 Å². The second-order valence-electron chi connectivity index (χ2n) is 7.75. The van der Waals surface area contributed by atoms with Gasteiger partial charge < -0.3 is 25.0 Å². The van der Waals surface area contributed by atoms with Crippen LogP contribution in [0.1, 0.15) is 30.3 Å². The Labute approximate surface area is 169 Å². The normalized spacial score (nSPS) is 18.2. The van der Waals surface area contributed by atoms with E-state index in [1.807, 2.05) is 35.2 Å². The standard InChI is InChI=1S/C21H27N5O3/c1-15(19(27)24-8-4-5-9-24)22-21(29)26-12-10-25(11-13-26)20(28)18-14-16-6-2-3-7-17(16)23-18/h2-3,6-7,14-15,23H,4-5,8-13H2,1H3,(H,22,29)/t15-/m0/s1. The Balaban J connectivity index is 1.29. The summed E-state index contributed by atoms with van der Waals surface area (Å²) in [6.07, 6.45) is 2.05. The van der Waals surface area contributed by atoms with Gasteiger partial charge in [0.1, 0.15) is 11.7 Å². The zero-order valence-electron chi connectivity index (χ0n) is 16.7. The van der Waals surface area contributed by atoms with E-state index in [9.17, 15) is 14.4 Å². The summed E-state index contributed by atoms with van der Waals surface area (Å²) in [4.78, 5) is 46.1. The third-order valence-electron chi connectivity index (χ3n) is 5.74. The monoisotopic (exact) mass is 397 g/mol. The van der Waals surface area contributed by atoms with Gasteiger partial charge in [0.15, 0.2) is 0 Å². The lowest BCUT2D eigenvalue weighted by Gasteiger charge is -2.35. The van der Waals surface area contributed by atoms with E-state index in [0.29, 0.717) is 31.9 Å². The van der Waals surface area contributed by atoms with E-state index >= 15 is 0 Å². The van der Waals surface area contributed by atoms with Crippen LogP contribution in [0.2, 0.25) is 0 Å². The molecule has 4 amide bonds. The minimum Gasteiger partial charge on any atom is -0.351 e. The van der Waals surface area contributed by atoms with E-state index in [2.05, 4.69) is 10.3 Å². The summed E-state index contributed by atoms with van der Waals surface area (Å²) in [6, 6.07) is 8.86. The van der Waals surface area contributed by atoms with Crippen LogP contribution >= 0.6 is 0 Å². The molecule has 3 heterocycles. The lowest BCUT2D eigenvalue weighted by molar-refractivity contribution is -0.131. The van der Waals surface area contributed by atoms with Crippen LogP contribution in [0.25, 0.3) is 10.9 Å². The Bertz CT molecular complexity index is 877. The molecule has 2 fully saturated rings. The molecule has 1 aromatic carbocycles. The maximum Gasteiger partial charge on any atom is 0.318 e. The summed E-state index contributed by atoms with van der Waals surface area (Å²) in [7, 11) is 0. The van der Waals surface area contributed by atoms with E-state index in [1.54, 1.807) is 16.7 Å². The second-order valence-corrected chi connectivity index (χ2v) is 7.75. The van der Waals surface area contributed by atoms with Crippen molar-refractivity contribution in [1.82, 2.24) is 25.0 Å². The molecule has 2 saturated heterocycles. The molecule has 0 aliphatic carbocycles. The number of aromatic nitrogens is 1. The number of piperazine rings is 1. The van der Waals surface area contributed by atoms with Gasteiger partial charge in [-0.15, -0.1) is 0 Å². The van der Waals surface area contributed by atoms with Crippen molar-refractivity contribution in [3.8, 4) is 0 Å². The minimum atomic E-state index is -0.536. The average Bonchev–Trinajstić information content (AvgIpc) is 3.42. The molecule has 1 atom stereocenters. The number of carbonyl (C=O) groups is 3. The van der Waals surface area contributed by atoms with Gasteiger partial charge in [0.05, 0.1) is 0 Å². The summed E-state index contributed by atoms with van der Waals surface area (Å²) in [5.41, 5.74) is 1.50. The van der Waals surface area contributed by atoms with Crippen LogP contribution in [-0.4, -0.2) is 82.8 Å². The smallest absolute Gasteiger partial charge is 0.318 e. The number of nitrogens with zero attached hydrogens (tertiary/aromatic N) is 3. The first-order valence-electron chi connectivity index (χ1n) is 10.2. The Morgan fingerprint density at radius 1 is 0.931 bits per heavy atom. The highest BCUT2D eigenvalue weighted by Gasteiger charge is 2.29. The minimum absolute atomic E-state index is 0.0246. The van der Waals surface area contributed by atoms with Crippen molar-refractivity contribution in [2.45, 2.75) is 25.8 Å². The van der Waals surface area contributed by atoms with Gasteiger partial charge >= 0.3 is 6.03 Å². The fraction of sp³-hybridized carbons (Fsp3) is 0.476. The molecule has 2 aliphatic heterocycles. The highest BCUT2D eigenvalue weighted by Crippen LogP contribution is 2.17. The van der Waals surface area contributed by atoms with Gasteiger partial charge in [0.25, 0.3) is 5.91 Å². The lowest BCUT2D eigenvalue weighted by atomic mass is 10.2. The number of aromatic amines is 1. The number of H-pyrrole nitrogens is 1. The van der Waals surface area contributed by atoms with Gasteiger partial charge in [-0.1, -0.05) is 18.2 Å². The van der Waals surface area contributed by atoms with Gasteiger partial charge in [-0.25, -0.2) is 4.79 Å². The van der Waals surface area contributed by atoms with Crippen molar-refractivity contribution in [1.29, 1.82) is 0 Å². The maximum atomic E-state index is 12.8. The van der Waals surface area contributed by atoms with Gasteiger partial charge in [-0.05, 0) is 31.9 Å². The molecule has 2 aromatic rings. The van der Waals surface area contributed by atoms with Crippen LogP contribution in [0.4, 0.5) is 4.79 Å². The number of fused-ring (bicyclic) bond motifs is 1. The van der Waals surface area contributed by atoms with E-state index in [-0.39, 0.29) is 17.8 Å². The summed E-state index contributed by atoms with van der Waals surface area (Å²) < 4.78 is 0. The molecule has 0 bridgehead atoms. The number of rotatable bonds is 3. The van der Waals surface area contributed by atoms with Gasteiger partial charge in [-0.3, -0.25) is 9.59 Å². The van der Waals surface area contributed by atoms with Gasteiger partial charge in [-0.2, -0.15) is 0 Å². The first-order valence-corrected chi connectivity index (χ1v) is 10.2. The quantitative estimate of drug-likeness (QED) is 0.825. The van der Waals surface area contributed by atoms with Crippen molar-refractivity contribution in [3.63, 3.8) is 0 Å². The first kappa shape index (κ1) is 19.3. The molecule has 2 N–H and O–H groups in total. The van der Waals surface area contributed by atoms with Crippen molar-refractivity contribution >= 4 is 28.7 Å². The third kappa shape index (κ3) is 4.06. The molecule has 29 heavy (non-hydrogen) atoms. The molecule has 4 rings (SSSR count). The number of amides is 4. The molecule has 0 radical (unpaired) electrons. The number of nitrogens with one attached hydrogen (secondary N) is 2. The molecular weight excluding hydrogens is 370 g/mol. The Morgan fingerprint density at radius 2 is 1.59 bits per heavy atom. The summed E-state index contributed by atoms with van der Waals surface area (Å²) >= 11 is 0. The summed E-state index contributed by atoms with van der Waals surface area (Å²) in [6.45, 7) is 5.10. The van der Waals surface area contributed by atoms with Gasteiger partial charge in [0.2, 0.25) is 5.91 Å². The molecular formula is C21H27N5O3. The Morgan fingerprint density at radius 3 is 2.28 bits per heavy atom. The topological polar surface area (TPSA) is 88.7 Å². The van der Waals surface area contributed by atoms with E-state index in [4.69, 9.17) is 0 Å². The maximum absolute atomic E-state index is 12.8. The van der Waals surface area contributed by atoms with Crippen LogP contribution in [0.3, 0.4) is 0 Å². The summed E-state index contributed by atoms with van der Waals surface area (Å²) in [5, 5.41) is 3.81. The highest BCUT2D eigenvalue weighted by molar-refractivity contribution is 5.98. The predicted octanol–water partition coefficient (Wildman–Crippen LogP) is 1.65. The molecule has 0 unspecified atom stereocenters. The Kier molecular flexibility index (Phi) is 5.42. The lowest BCUT2D eigenvalue weighted by Crippen LogP contribution is -2.56. The van der Waals surface area contributed by atoms with E-state index in [0.717, 1.165) is 36.8 Å². The van der Waals surface area contributed by atoms with Crippen LogP contribution in [0, 0.1) is 0 Å². The van der Waals surface area contributed by atoms with Gasteiger partial charge in [0, 0.05) is 50.2 Å². The number of likely N-dealkylation sites (tertiary alicyclic amines) is 1. The number of urea groups is 1. The second kappa shape index (κ2) is 8.14. The molecule has 154 valence electrons.